The summed E-state index contributed by atoms with van der Waals surface area (Å²) in [6.07, 6.45) is 0. The fraction of sp³-hybridized carbons (Fsp3) is 0.133. The van der Waals surface area contributed by atoms with E-state index < -0.39 is 5.41 Å². The molecule has 0 saturated carbocycles. The van der Waals surface area contributed by atoms with E-state index in [2.05, 4.69) is 78.1 Å². The minimum absolute atomic E-state index is 0.0298. The molecule has 1 N–H and O–H groups in total. The molecule has 4 aromatic carbocycles. The molecular formula is C30H24N2OS2. The Balaban J connectivity index is 1.33. The topological polar surface area (TPSA) is 42.0 Å². The Labute approximate surface area is 213 Å². The number of aromatic nitrogens is 1. The maximum Gasteiger partial charge on any atom is 0.232 e. The summed E-state index contributed by atoms with van der Waals surface area (Å²) in [5.41, 5.74) is 3.67. The van der Waals surface area contributed by atoms with E-state index in [1.54, 1.807) is 11.8 Å². The van der Waals surface area contributed by atoms with Gasteiger partial charge in [0.15, 0.2) is 5.13 Å². The van der Waals surface area contributed by atoms with Crippen LogP contribution in [0.2, 0.25) is 0 Å². The Kier molecular flexibility index (Phi) is 5.47. The number of carbonyl (C=O) groups is 1. The number of carbonyl (C=O) groups excluding carboxylic acids is 1. The number of hydrogen-bond donors (Lipinski definition) is 1. The lowest BCUT2D eigenvalue weighted by Crippen LogP contribution is -2.38. The molecule has 1 amide bonds. The monoisotopic (exact) mass is 492 g/mol. The van der Waals surface area contributed by atoms with E-state index in [1.165, 1.54) is 37.6 Å². The second kappa shape index (κ2) is 8.67. The van der Waals surface area contributed by atoms with Gasteiger partial charge in [-0.15, -0.1) is 11.3 Å². The van der Waals surface area contributed by atoms with Gasteiger partial charge in [0.2, 0.25) is 5.91 Å². The number of benzene rings is 4. The summed E-state index contributed by atoms with van der Waals surface area (Å²) >= 11 is 3.25. The summed E-state index contributed by atoms with van der Waals surface area (Å²) < 4.78 is 0. The first kappa shape index (κ1) is 22.1. The van der Waals surface area contributed by atoms with Crippen molar-refractivity contribution in [1.82, 2.24) is 4.98 Å². The SMILES string of the molecule is CC(C)(C(=O)Nc1nc(-c2cccc3ccccc23)cs1)C1c2ccccc2Sc2ccccc21. The molecule has 6 rings (SSSR count). The van der Waals surface area contributed by atoms with E-state index in [9.17, 15) is 4.79 Å². The third kappa shape index (κ3) is 3.85. The normalized spacial score (nSPS) is 13.3. The third-order valence-electron chi connectivity index (χ3n) is 6.78. The summed E-state index contributed by atoms with van der Waals surface area (Å²) in [5, 5.41) is 8.12. The molecule has 1 aliphatic rings. The number of fused-ring (bicyclic) bond motifs is 3. The molecule has 35 heavy (non-hydrogen) atoms. The van der Waals surface area contributed by atoms with Gasteiger partial charge >= 0.3 is 0 Å². The van der Waals surface area contributed by atoms with Gasteiger partial charge in [-0.2, -0.15) is 0 Å². The Morgan fingerprint density at radius 2 is 1.46 bits per heavy atom. The minimum Gasteiger partial charge on any atom is -0.301 e. The molecule has 0 radical (unpaired) electrons. The van der Waals surface area contributed by atoms with Crippen LogP contribution < -0.4 is 5.32 Å². The van der Waals surface area contributed by atoms with Crippen LogP contribution in [0.4, 0.5) is 5.13 Å². The maximum absolute atomic E-state index is 13.8. The zero-order chi connectivity index (χ0) is 24.0. The van der Waals surface area contributed by atoms with Gasteiger partial charge < -0.3 is 5.32 Å². The molecule has 2 heterocycles. The van der Waals surface area contributed by atoms with Crippen LogP contribution in [0.1, 0.15) is 30.9 Å². The van der Waals surface area contributed by atoms with Crippen molar-refractivity contribution in [2.75, 3.05) is 5.32 Å². The van der Waals surface area contributed by atoms with E-state index in [1.807, 2.05) is 37.4 Å². The van der Waals surface area contributed by atoms with Gasteiger partial charge in [0, 0.05) is 26.7 Å². The fourth-order valence-electron chi connectivity index (χ4n) is 4.98. The quantitative estimate of drug-likeness (QED) is 0.275. The van der Waals surface area contributed by atoms with Crippen LogP contribution in [0.15, 0.2) is 106 Å². The van der Waals surface area contributed by atoms with Gasteiger partial charge in [-0.3, -0.25) is 4.79 Å². The summed E-state index contributed by atoms with van der Waals surface area (Å²) in [4.78, 5) is 21.0. The second-order valence-corrected chi connectivity index (χ2v) is 11.3. The molecule has 0 fully saturated rings. The summed E-state index contributed by atoms with van der Waals surface area (Å²) in [6.45, 7) is 4.07. The molecule has 0 atom stereocenters. The molecule has 0 bridgehead atoms. The highest BCUT2D eigenvalue weighted by Crippen LogP contribution is 2.52. The molecule has 172 valence electrons. The lowest BCUT2D eigenvalue weighted by molar-refractivity contribution is -0.124. The van der Waals surface area contributed by atoms with Gasteiger partial charge in [0.1, 0.15) is 0 Å². The van der Waals surface area contributed by atoms with E-state index in [4.69, 9.17) is 4.98 Å². The first-order valence-corrected chi connectivity index (χ1v) is 13.3. The first-order valence-electron chi connectivity index (χ1n) is 11.6. The molecular weight excluding hydrogens is 468 g/mol. The Hall–Kier alpha value is -3.41. The molecule has 1 aliphatic heterocycles. The Morgan fingerprint density at radius 3 is 2.20 bits per heavy atom. The van der Waals surface area contributed by atoms with Gasteiger partial charge in [-0.25, -0.2) is 4.98 Å². The largest absolute Gasteiger partial charge is 0.301 e. The fourth-order valence-corrected chi connectivity index (χ4v) is 6.82. The third-order valence-corrected chi connectivity index (χ3v) is 8.72. The summed E-state index contributed by atoms with van der Waals surface area (Å²) in [7, 11) is 0. The lowest BCUT2D eigenvalue weighted by atomic mass is 9.70. The molecule has 1 aromatic heterocycles. The summed E-state index contributed by atoms with van der Waals surface area (Å²) in [5.74, 6) is -0.0773. The molecule has 5 heteroatoms. The number of rotatable bonds is 4. The number of nitrogens with one attached hydrogen (secondary N) is 1. The number of hydrogen-bond acceptors (Lipinski definition) is 4. The van der Waals surface area contributed by atoms with Crippen LogP contribution in [-0.2, 0) is 4.79 Å². The van der Waals surface area contributed by atoms with Crippen LogP contribution in [0, 0.1) is 5.41 Å². The molecule has 3 nitrogen and oxygen atoms in total. The Morgan fingerprint density at radius 1 is 0.829 bits per heavy atom. The highest BCUT2D eigenvalue weighted by Gasteiger charge is 2.42. The van der Waals surface area contributed by atoms with Gasteiger partial charge in [-0.05, 0) is 34.0 Å². The summed E-state index contributed by atoms with van der Waals surface area (Å²) in [6, 6.07) is 31.4. The number of thiazole rings is 1. The van der Waals surface area contributed by atoms with Crippen molar-refractivity contribution in [3.8, 4) is 11.3 Å². The van der Waals surface area contributed by atoms with Crippen LogP contribution in [0.25, 0.3) is 22.0 Å². The number of amides is 1. The van der Waals surface area contributed by atoms with Crippen molar-refractivity contribution in [2.24, 2.45) is 5.41 Å². The predicted octanol–water partition coefficient (Wildman–Crippen LogP) is 8.22. The highest BCUT2D eigenvalue weighted by atomic mass is 32.2. The van der Waals surface area contributed by atoms with E-state index >= 15 is 0 Å². The van der Waals surface area contributed by atoms with Crippen LogP contribution >= 0.6 is 23.1 Å². The zero-order valence-corrected chi connectivity index (χ0v) is 21.1. The van der Waals surface area contributed by atoms with Crippen molar-refractivity contribution >= 4 is 44.9 Å². The molecule has 0 spiro atoms. The smallest absolute Gasteiger partial charge is 0.232 e. The second-order valence-electron chi connectivity index (χ2n) is 9.35. The van der Waals surface area contributed by atoms with Crippen LogP contribution in [0.5, 0.6) is 0 Å². The van der Waals surface area contributed by atoms with Crippen molar-refractivity contribution in [3.05, 3.63) is 108 Å². The standard InChI is InChI=1S/C30H24N2OS2/c1-30(2,27-22-13-5-7-16-25(22)35-26-17-8-6-14-23(26)27)28(33)32-29-31-24(18-34-29)21-15-9-11-19-10-3-4-12-20(19)21/h3-18,27H,1-2H3,(H,31,32,33). The minimum atomic E-state index is -0.682. The average molecular weight is 493 g/mol. The van der Waals surface area contributed by atoms with E-state index in [0.29, 0.717) is 5.13 Å². The van der Waals surface area contributed by atoms with Gasteiger partial charge in [-0.1, -0.05) is 104 Å². The molecule has 0 aliphatic carbocycles. The van der Waals surface area contributed by atoms with Crippen LogP contribution in [0.3, 0.4) is 0 Å². The maximum atomic E-state index is 13.8. The first-order chi connectivity index (χ1) is 17.0. The molecule has 0 unspecified atom stereocenters. The average Bonchev–Trinajstić information content (AvgIpc) is 3.35. The number of nitrogens with zero attached hydrogens (tertiary/aromatic N) is 1. The molecule has 5 aromatic rings. The van der Waals surface area contributed by atoms with Crippen molar-refractivity contribution in [1.29, 1.82) is 0 Å². The van der Waals surface area contributed by atoms with Crippen molar-refractivity contribution in [3.63, 3.8) is 0 Å². The number of anilines is 1. The van der Waals surface area contributed by atoms with Gasteiger partial charge in [0.05, 0.1) is 11.1 Å². The Bertz CT molecular complexity index is 1520. The van der Waals surface area contributed by atoms with Crippen molar-refractivity contribution in [2.45, 2.75) is 29.6 Å². The van der Waals surface area contributed by atoms with E-state index in [-0.39, 0.29) is 11.8 Å². The highest BCUT2D eigenvalue weighted by molar-refractivity contribution is 7.99. The zero-order valence-electron chi connectivity index (χ0n) is 19.5. The molecule has 0 saturated heterocycles. The lowest BCUT2D eigenvalue weighted by Gasteiger charge is -2.38. The van der Waals surface area contributed by atoms with Crippen molar-refractivity contribution < 1.29 is 4.79 Å². The van der Waals surface area contributed by atoms with Crippen LogP contribution in [-0.4, -0.2) is 10.9 Å². The van der Waals surface area contributed by atoms with Gasteiger partial charge in [0.25, 0.3) is 0 Å². The predicted molar refractivity (Wildman–Crippen MR) is 146 cm³/mol. The van der Waals surface area contributed by atoms with E-state index in [0.717, 1.165) is 16.6 Å².